The van der Waals surface area contributed by atoms with Gasteiger partial charge in [-0.25, -0.2) is 4.79 Å². The predicted octanol–water partition coefficient (Wildman–Crippen LogP) is 3.26. The Hall–Kier alpha value is -2.16. The smallest absolute Gasteiger partial charge is 0.338 e. The molecular weight excluding hydrogens is 238 g/mol. The second kappa shape index (κ2) is 7.31. The van der Waals surface area contributed by atoms with Gasteiger partial charge in [-0.05, 0) is 43.0 Å². The molecule has 2 aromatic rings. The Morgan fingerprint density at radius 1 is 1.05 bits per heavy atom. The molecule has 0 radical (unpaired) electrons. The molecule has 1 aromatic heterocycles. The van der Waals surface area contributed by atoms with E-state index in [2.05, 4.69) is 11.1 Å². The predicted molar refractivity (Wildman–Crippen MR) is 73.9 cm³/mol. The van der Waals surface area contributed by atoms with E-state index in [9.17, 15) is 4.79 Å². The fraction of sp³-hybridized carbons (Fsp3) is 0.250. The van der Waals surface area contributed by atoms with Gasteiger partial charge in [-0.1, -0.05) is 24.3 Å². The van der Waals surface area contributed by atoms with Crippen LogP contribution in [0.4, 0.5) is 0 Å². The molecule has 0 aliphatic rings. The Kier molecular flexibility index (Phi) is 5.11. The molecule has 3 nitrogen and oxygen atoms in total. The molecule has 0 saturated heterocycles. The maximum Gasteiger partial charge on any atom is 0.338 e. The van der Waals surface area contributed by atoms with Gasteiger partial charge in [-0.2, -0.15) is 0 Å². The Bertz CT molecular complexity index is 497. The van der Waals surface area contributed by atoms with Crippen molar-refractivity contribution in [3.8, 4) is 0 Å². The van der Waals surface area contributed by atoms with Crippen LogP contribution in [0.15, 0.2) is 54.9 Å². The average Bonchev–Trinajstić information content (AvgIpc) is 2.49. The van der Waals surface area contributed by atoms with Crippen molar-refractivity contribution < 1.29 is 9.53 Å². The van der Waals surface area contributed by atoms with E-state index in [4.69, 9.17) is 4.74 Å². The van der Waals surface area contributed by atoms with E-state index in [1.165, 1.54) is 5.56 Å². The lowest BCUT2D eigenvalue weighted by Gasteiger charge is -2.04. The molecule has 2 rings (SSSR count). The van der Waals surface area contributed by atoms with Crippen molar-refractivity contribution in [2.24, 2.45) is 0 Å². The number of esters is 1. The van der Waals surface area contributed by atoms with Gasteiger partial charge in [0.05, 0.1) is 12.2 Å². The number of unbranched alkanes of at least 4 members (excludes halogenated alkanes) is 1. The number of carbonyl (C=O) groups is 1. The van der Waals surface area contributed by atoms with E-state index >= 15 is 0 Å². The van der Waals surface area contributed by atoms with Gasteiger partial charge in [-0.3, -0.25) is 4.98 Å². The number of ether oxygens (including phenoxy) is 1. The third-order valence-electron chi connectivity index (χ3n) is 2.83. The molecule has 0 fully saturated rings. The molecule has 1 aromatic carbocycles. The summed E-state index contributed by atoms with van der Waals surface area (Å²) in [5, 5.41) is 0. The zero-order valence-corrected chi connectivity index (χ0v) is 10.8. The van der Waals surface area contributed by atoms with E-state index in [0.29, 0.717) is 12.2 Å². The molecule has 3 heteroatoms. The first kappa shape index (κ1) is 13.3. The zero-order chi connectivity index (χ0) is 13.3. The average molecular weight is 255 g/mol. The summed E-state index contributed by atoms with van der Waals surface area (Å²) in [5.74, 6) is -0.248. The second-order valence-electron chi connectivity index (χ2n) is 4.32. The van der Waals surface area contributed by atoms with Crippen molar-refractivity contribution in [2.75, 3.05) is 6.61 Å². The minimum absolute atomic E-state index is 0.248. The van der Waals surface area contributed by atoms with Crippen LogP contribution in [0.5, 0.6) is 0 Å². The van der Waals surface area contributed by atoms with Gasteiger partial charge in [0, 0.05) is 12.4 Å². The minimum Gasteiger partial charge on any atom is -0.462 e. The summed E-state index contributed by atoms with van der Waals surface area (Å²) in [7, 11) is 0. The molecule has 0 aliphatic heterocycles. The molecule has 0 N–H and O–H groups in total. The van der Waals surface area contributed by atoms with Crippen molar-refractivity contribution in [3.05, 3.63) is 66.0 Å². The number of benzene rings is 1. The molecule has 0 amide bonds. The SMILES string of the molecule is O=C(OCCCCc1cccnc1)c1ccccc1. The van der Waals surface area contributed by atoms with Crippen LogP contribution in [-0.2, 0) is 11.2 Å². The fourth-order valence-corrected chi connectivity index (χ4v) is 1.80. The summed E-state index contributed by atoms with van der Waals surface area (Å²) in [6, 6.07) is 13.1. The Morgan fingerprint density at radius 2 is 1.89 bits per heavy atom. The van der Waals surface area contributed by atoms with E-state index < -0.39 is 0 Å². The highest BCUT2D eigenvalue weighted by molar-refractivity contribution is 5.89. The van der Waals surface area contributed by atoms with Crippen LogP contribution in [0.2, 0.25) is 0 Å². The fourth-order valence-electron chi connectivity index (χ4n) is 1.80. The maximum atomic E-state index is 11.6. The molecule has 0 aliphatic carbocycles. The van der Waals surface area contributed by atoms with Crippen LogP contribution in [0, 0.1) is 0 Å². The van der Waals surface area contributed by atoms with Crippen LogP contribution < -0.4 is 0 Å². The number of aromatic nitrogens is 1. The van der Waals surface area contributed by atoms with Gasteiger partial charge >= 0.3 is 5.97 Å². The second-order valence-corrected chi connectivity index (χ2v) is 4.32. The van der Waals surface area contributed by atoms with E-state index in [1.54, 1.807) is 18.3 Å². The number of carbonyl (C=O) groups excluding carboxylic acids is 1. The Balaban J connectivity index is 1.63. The Labute approximate surface area is 113 Å². The summed E-state index contributed by atoms with van der Waals surface area (Å²) in [6.45, 7) is 0.466. The number of hydrogen-bond donors (Lipinski definition) is 0. The summed E-state index contributed by atoms with van der Waals surface area (Å²) >= 11 is 0. The third-order valence-corrected chi connectivity index (χ3v) is 2.83. The molecule has 0 bridgehead atoms. The first-order valence-electron chi connectivity index (χ1n) is 6.47. The lowest BCUT2D eigenvalue weighted by Crippen LogP contribution is -2.06. The van der Waals surface area contributed by atoms with Crippen LogP contribution in [-0.4, -0.2) is 17.6 Å². The quantitative estimate of drug-likeness (QED) is 0.587. The number of aryl methyl sites for hydroxylation is 1. The first-order valence-corrected chi connectivity index (χ1v) is 6.47. The number of rotatable bonds is 6. The molecule has 0 atom stereocenters. The van der Waals surface area contributed by atoms with Crippen molar-refractivity contribution >= 4 is 5.97 Å². The zero-order valence-electron chi connectivity index (χ0n) is 10.8. The third kappa shape index (κ3) is 4.54. The molecule has 0 spiro atoms. The lowest BCUT2D eigenvalue weighted by atomic mass is 10.1. The maximum absolute atomic E-state index is 11.6. The van der Waals surface area contributed by atoms with E-state index in [0.717, 1.165) is 19.3 Å². The van der Waals surface area contributed by atoms with Crippen molar-refractivity contribution in [2.45, 2.75) is 19.3 Å². The highest BCUT2D eigenvalue weighted by atomic mass is 16.5. The van der Waals surface area contributed by atoms with Crippen LogP contribution in [0.1, 0.15) is 28.8 Å². The van der Waals surface area contributed by atoms with Crippen molar-refractivity contribution in [1.29, 1.82) is 0 Å². The summed E-state index contributed by atoms with van der Waals surface area (Å²) in [5.41, 5.74) is 1.83. The highest BCUT2D eigenvalue weighted by Gasteiger charge is 2.04. The van der Waals surface area contributed by atoms with Gasteiger partial charge in [0.1, 0.15) is 0 Å². The van der Waals surface area contributed by atoms with Crippen LogP contribution in [0.3, 0.4) is 0 Å². The topological polar surface area (TPSA) is 39.2 Å². The standard InChI is InChI=1S/C16H17NO2/c18-16(15-9-2-1-3-10-15)19-12-5-4-7-14-8-6-11-17-13-14/h1-3,6,8-11,13H,4-5,7,12H2. The van der Waals surface area contributed by atoms with Gasteiger partial charge in [0.2, 0.25) is 0 Å². The monoisotopic (exact) mass is 255 g/mol. The normalized spacial score (nSPS) is 10.1. The molecular formula is C16H17NO2. The van der Waals surface area contributed by atoms with Gasteiger partial charge in [-0.15, -0.1) is 0 Å². The largest absolute Gasteiger partial charge is 0.462 e. The van der Waals surface area contributed by atoms with E-state index in [-0.39, 0.29) is 5.97 Å². The number of pyridine rings is 1. The first-order chi connectivity index (χ1) is 9.36. The van der Waals surface area contributed by atoms with E-state index in [1.807, 2.05) is 30.5 Å². The molecule has 0 saturated carbocycles. The van der Waals surface area contributed by atoms with Gasteiger partial charge < -0.3 is 4.74 Å². The molecule has 0 unspecified atom stereocenters. The molecule has 98 valence electrons. The summed E-state index contributed by atoms with van der Waals surface area (Å²) in [6.07, 6.45) is 6.47. The number of nitrogens with zero attached hydrogens (tertiary/aromatic N) is 1. The van der Waals surface area contributed by atoms with Gasteiger partial charge in [0.25, 0.3) is 0 Å². The highest BCUT2D eigenvalue weighted by Crippen LogP contribution is 2.05. The van der Waals surface area contributed by atoms with Crippen LogP contribution >= 0.6 is 0 Å². The lowest BCUT2D eigenvalue weighted by molar-refractivity contribution is 0.0498. The van der Waals surface area contributed by atoms with Crippen molar-refractivity contribution in [3.63, 3.8) is 0 Å². The summed E-state index contributed by atoms with van der Waals surface area (Å²) in [4.78, 5) is 15.7. The molecule has 19 heavy (non-hydrogen) atoms. The molecule has 1 heterocycles. The Morgan fingerprint density at radius 3 is 2.63 bits per heavy atom. The van der Waals surface area contributed by atoms with Crippen molar-refractivity contribution in [1.82, 2.24) is 4.98 Å². The van der Waals surface area contributed by atoms with Crippen LogP contribution in [0.25, 0.3) is 0 Å². The minimum atomic E-state index is -0.248. The summed E-state index contributed by atoms with van der Waals surface area (Å²) < 4.78 is 5.21. The van der Waals surface area contributed by atoms with Gasteiger partial charge in [0.15, 0.2) is 0 Å². The number of hydrogen-bond acceptors (Lipinski definition) is 3.